The molecule has 8 atom stereocenters. The van der Waals surface area contributed by atoms with Gasteiger partial charge in [-0.15, -0.1) is 0 Å². The summed E-state index contributed by atoms with van der Waals surface area (Å²) < 4.78 is 0. The number of nitrogens with one attached hydrogen (secondary N) is 7. The van der Waals surface area contributed by atoms with Gasteiger partial charge in [-0.25, -0.2) is 4.79 Å². The van der Waals surface area contributed by atoms with Gasteiger partial charge in [-0.05, 0) is 76.2 Å². The number of amides is 9. The van der Waals surface area contributed by atoms with Crippen molar-refractivity contribution in [1.82, 2.24) is 37.2 Å². The number of rotatable bonds is 36. The monoisotopic (exact) mass is 974 g/mol. The lowest BCUT2D eigenvalue weighted by molar-refractivity contribution is -0.143. The van der Waals surface area contributed by atoms with Crippen LogP contribution in [-0.2, 0) is 57.5 Å². The second-order valence-electron chi connectivity index (χ2n) is 17.0. The molecular weight excluding hydrogens is 903 g/mol. The zero-order valence-electron chi connectivity index (χ0n) is 38.9. The van der Waals surface area contributed by atoms with Crippen molar-refractivity contribution in [3.63, 3.8) is 0 Å². The Labute approximate surface area is 393 Å². The summed E-state index contributed by atoms with van der Waals surface area (Å²) in [4.78, 5) is 152. The summed E-state index contributed by atoms with van der Waals surface area (Å²) in [7, 11) is 0. The fourth-order valence-corrected chi connectivity index (χ4v) is 6.32. The van der Waals surface area contributed by atoms with Crippen molar-refractivity contribution in [2.45, 2.75) is 160 Å². The first-order valence-corrected chi connectivity index (χ1v) is 22.1. The minimum Gasteiger partial charge on any atom is -0.481 e. The number of primary amides is 2. The van der Waals surface area contributed by atoms with Crippen LogP contribution in [0.2, 0.25) is 0 Å². The first kappa shape index (κ1) is 61.5. The van der Waals surface area contributed by atoms with Crippen LogP contribution in [-0.4, -0.2) is 153 Å². The number of carbonyl (C=O) groups excluding carboxylic acids is 9. The molecule has 386 valence electrons. The second-order valence-corrected chi connectivity index (χ2v) is 17.0. The van der Waals surface area contributed by atoms with E-state index in [4.69, 9.17) is 28.0 Å². The van der Waals surface area contributed by atoms with Crippen LogP contribution in [0.25, 0.3) is 0 Å². The molecule has 0 unspecified atom stereocenters. The lowest BCUT2D eigenvalue weighted by Gasteiger charge is -2.28. The predicted octanol–water partition coefficient (Wildman–Crippen LogP) is -4.73. The van der Waals surface area contributed by atoms with Gasteiger partial charge in [0.25, 0.3) is 0 Å². The number of carbonyl (C=O) groups is 12. The summed E-state index contributed by atoms with van der Waals surface area (Å²) in [6.07, 6.45) is -3.26. The average molecular weight is 974 g/mol. The SMILES string of the molecule is CC(C)C[C@H](NC(=O)[C@H](CCC(N)=O)NC(=O)[C@H](CC(C)C)NC(=O)[C@H](CCC(N)=O)NC(=O)[C@H](CCCCN)NC(=O)[C@H](CO)NC(=O)[C@H](CCC(=O)O)NC(=O)[C@@H](N)CCC(=O)O)C(=O)O. The van der Waals surface area contributed by atoms with E-state index in [0.29, 0.717) is 6.42 Å². The van der Waals surface area contributed by atoms with Gasteiger partial charge in [0, 0.05) is 25.7 Å². The zero-order valence-corrected chi connectivity index (χ0v) is 38.9. The third kappa shape index (κ3) is 26.0. The molecule has 0 aliphatic rings. The van der Waals surface area contributed by atoms with Crippen LogP contribution in [0, 0.1) is 11.8 Å². The van der Waals surface area contributed by atoms with Crippen LogP contribution in [0.4, 0.5) is 0 Å². The lowest BCUT2D eigenvalue weighted by Crippen LogP contribution is -2.60. The van der Waals surface area contributed by atoms with Gasteiger partial charge >= 0.3 is 17.9 Å². The molecule has 0 aliphatic carbocycles. The number of nitrogens with two attached hydrogens (primary N) is 4. The molecular formula is C41H71N11O16. The molecule has 0 saturated heterocycles. The van der Waals surface area contributed by atoms with Crippen LogP contribution >= 0.6 is 0 Å². The Kier molecular flexibility index (Phi) is 29.2. The maximum Gasteiger partial charge on any atom is 0.326 e. The third-order valence-electron chi connectivity index (χ3n) is 9.97. The molecule has 0 rings (SSSR count). The summed E-state index contributed by atoms with van der Waals surface area (Å²) in [6.45, 7) is 5.92. The third-order valence-corrected chi connectivity index (χ3v) is 9.97. The summed E-state index contributed by atoms with van der Waals surface area (Å²) in [5.74, 6) is -13.4. The quantitative estimate of drug-likeness (QED) is 0.0262. The maximum absolute atomic E-state index is 13.9. The van der Waals surface area contributed by atoms with Gasteiger partial charge in [-0.2, -0.15) is 0 Å². The van der Waals surface area contributed by atoms with Crippen molar-refractivity contribution in [3.8, 4) is 0 Å². The van der Waals surface area contributed by atoms with Crippen LogP contribution in [0.5, 0.6) is 0 Å². The summed E-state index contributed by atoms with van der Waals surface area (Å²) >= 11 is 0. The van der Waals surface area contributed by atoms with E-state index in [1.165, 1.54) is 0 Å². The van der Waals surface area contributed by atoms with E-state index in [0.717, 1.165) is 0 Å². The molecule has 0 aromatic carbocycles. The number of aliphatic carboxylic acids is 3. The molecule has 0 saturated carbocycles. The van der Waals surface area contributed by atoms with E-state index in [9.17, 15) is 72.9 Å². The van der Waals surface area contributed by atoms with Crippen molar-refractivity contribution in [2.75, 3.05) is 13.2 Å². The van der Waals surface area contributed by atoms with Gasteiger partial charge in [0.05, 0.1) is 12.6 Å². The fraction of sp³-hybridized carbons (Fsp3) is 0.707. The normalized spacial score (nSPS) is 14.6. The smallest absolute Gasteiger partial charge is 0.326 e. The molecule has 0 radical (unpaired) electrons. The van der Waals surface area contributed by atoms with E-state index in [1.54, 1.807) is 27.7 Å². The molecule has 0 spiro atoms. The van der Waals surface area contributed by atoms with Gasteiger partial charge in [0.1, 0.15) is 42.3 Å². The molecule has 0 fully saturated rings. The number of carboxylic acid groups (broad SMARTS) is 3. The number of aliphatic hydroxyl groups excluding tert-OH is 1. The summed E-state index contributed by atoms with van der Waals surface area (Å²) in [6, 6.07) is -12.3. The van der Waals surface area contributed by atoms with Crippen LogP contribution in [0.1, 0.15) is 111 Å². The minimum absolute atomic E-state index is 0.0332. The van der Waals surface area contributed by atoms with Crippen molar-refractivity contribution >= 4 is 71.1 Å². The summed E-state index contributed by atoms with van der Waals surface area (Å²) in [5.41, 5.74) is 22.0. The fourth-order valence-electron chi connectivity index (χ4n) is 6.32. The molecule has 0 aliphatic heterocycles. The van der Waals surface area contributed by atoms with Gasteiger partial charge in [0.15, 0.2) is 0 Å². The Morgan fingerprint density at radius 3 is 1.13 bits per heavy atom. The van der Waals surface area contributed by atoms with E-state index in [-0.39, 0.29) is 56.9 Å². The Bertz CT molecular complexity index is 1760. The van der Waals surface area contributed by atoms with Crippen LogP contribution in [0.3, 0.4) is 0 Å². The number of hydrogen-bond donors (Lipinski definition) is 15. The molecule has 27 nitrogen and oxygen atoms in total. The van der Waals surface area contributed by atoms with Crippen molar-refractivity contribution in [2.24, 2.45) is 34.8 Å². The van der Waals surface area contributed by atoms with E-state index >= 15 is 0 Å². The Hall–Kier alpha value is -6.48. The molecule has 9 amide bonds. The topological polar surface area (TPSA) is 474 Å². The van der Waals surface area contributed by atoms with Gasteiger partial charge in [-0.3, -0.25) is 52.7 Å². The highest BCUT2D eigenvalue weighted by molar-refractivity contribution is 5.98. The second kappa shape index (κ2) is 32.3. The van der Waals surface area contributed by atoms with Crippen molar-refractivity contribution in [3.05, 3.63) is 0 Å². The van der Waals surface area contributed by atoms with Gasteiger partial charge < -0.3 is 80.6 Å². The maximum atomic E-state index is 13.9. The molecule has 27 heteroatoms. The number of carboxylic acids is 3. The molecule has 0 aromatic heterocycles. The number of aliphatic hydroxyl groups is 1. The Balaban J connectivity index is 6.57. The summed E-state index contributed by atoms with van der Waals surface area (Å²) in [5, 5.41) is 54.3. The highest BCUT2D eigenvalue weighted by Gasteiger charge is 2.35. The molecule has 0 bridgehead atoms. The predicted molar refractivity (Wildman–Crippen MR) is 239 cm³/mol. The Morgan fingerprint density at radius 1 is 0.426 bits per heavy atom. The first-order chi connectivity index (χ1) is 31.7. The molecule has 68 heavy (non-hydrogen) atoms. The first-order valence-electron chi connectivity index (χ1n) is 22.1. The van der Waals surface area contributed by atoms with Gasteiger partial charge in [-0.1, -0.05) is 27.7 Å². The van der Waals surface area contributed by atoms with Crippen LogP contribution in [0.15, 0.2) is 0 Å². The highest BCUT2D eigenvalue weighted by atomic mass is 16.4. The average Bonchev–Trinajstić information content (AvgIpc) is 3.24. The highest BCUT2D eigenvalue weighted by Crippen LogP contribution is 2.12. The number of hydrogen-bond acceptors (Lipinski definition) is 15. The van der Waals surface area contributed by atoms with E-state index < -0.39 is 165 Å². The minimum atomic E-state index is -1.82. The zero-order chi connectivity index (χ0) is 52.3. The Morgan fingerprint density at radius 2 is 0.750 bits per heavy atom. The largest absolute Gasteiger partial charge is 0.481 e. The van der Waals surface area contributed by atoms with Crippen LogP contribution < -0.4 is 60.2 Å². The molecule has 0 aromatic rings. The van der Waals surface area contributed by atoms with Gasteiger partial charge in [0.2, 0.25) is 53.2 Å². The standard InChI is InChI=1S/C41H71N11O16/c1-20(2)17-27(39(65)49-25(10-13-31(45)55)37(63)51-28(41(67)68)18-21(3)4)50-36(62)24(9-12-30(44)54)48-35(61)23(7-5-6-16-42)47-40(66)29(19-53)52-38(64)26(11-15-33(58)59)46-34(60)22(43)8-14-32(56)57/h20-29,53H,5-19,42-43H2,1-4H3,(H2,44,54)(H2,45,55)(H,46,60)(H,47,66)(H,48,61)(H,49,65)(H,50,62)(H,51,63)(H,52,64)(H,56,57)(H,58,59)(H,67,68)/t22-,23-,24-,25-,26-,27-,28-,29-/m0/s1. The van der Waals surface area contributed by atoms with E-state index in [2.05, 4.69) is 37.2 Å². The molecule has 0 heterocycles. The van der Waals surface area contributed by atoms with Crippen molar-refractivity contribution < 1.29 is 78.0 Å². The van der Waals surface area contributed by atoms with Crippen molar-refractivity contribution in [1.29, 1.82) is 0 Å². The van der Waals surface area contributed by atoms with E-state index in [1.807, 2.05) is 0 Å². The molecule has 19 N–H and O–H groups in total. The number of unbranched alkanes of at least 4 members (excludes halogenated alkanes) is 1. The lowest BCUT2D eigenvalue weighted by atomic mass is 10.00.